The Balaban J connectivity index is 1.57. The number of hydrogen-bond acceptors (Lipinski definition) is 6. The molecule has 0 atom stereocenters. The molecule has 140 valence electrons. The van der Waals surface area contributed by atoms with Crippen LogP contribution in [0.2, 0.25) is 0 Å². The molecule has 0 aliphatic heterocycles. The normalized spacial score (nSPS) is 10.6. The van der Waals surface area contributed by atoms with E-state index in [0.717, 1.165) is 5.56 Å². The monoisotopic (exact) mass is 369 g/mol. The number of anilines is 1. The van der Waals surface area contributed by atoms with Crippen molar-refractivity contribution < 1.29 is 28.6 Å². The molecule has 0 radical (unpaired) electrons. The van der Waals surface area contributed by atoms with E-state index in [1.807, 2.05) is 13.0 Å². The zero-order chi connectivity index (χ0) is 19.4. The maximum atomic E-state index is 12.1. The van der Waals surface area contributed by atoms with Crippen LogP contribution in [0.25, 0.3) is 11.0 Å². The summed E-state index contributed by atoms with van der Waals surface area (Å²) in [5.74, 6) is -0.422. The molecule has 3 rings (SSSR count). The summed E-state index contributed by atoms with van der Waals surface area (Å²) in [6.45, 7) is 1.48. The lowest BCUT2D eigenvalue weighted by Crippen LogP contribution is -2.22. The van der Waals surface area contributed by atoms with Gasteiger partial charge in [0.1, 0.15) is 17.1 Å². The van der Waals surface area contributed by atoms with Crippen LogP contribution in [0.15, 0.2) is 47.1 Å². The van der Waals surface area contributed by atoms with Gasteiger partial charge >= 0.3 is 5.97 Å². The van der Waals surface area contributed by atoms with Crippen molar-refractivity contribution in [1.29, 1.82) is 0 Å². The summed E-state index contributed by atoms with van der Waals surface area (Å²) >= 11 is 0. The molecule has 2 aromatic carbocycles. The van der Waals surface area contributed by atoms with Gasteiger partial charge in [0.2, 0.25) is 0 Å². The highest BCUT2D eigenvalue weighted by Crippen LogP contribution is 2.26. The molecule has 1 heterocycles. The number of nitrogens with one attached hydrogen (secondary N) is 1. The Labute approximate surface area is 155 Å². The van der Waals surface area contributed by atoms with Crippen molar-refractivity contribution in [3.8, 4) is 11.5 Å². The second-order valence-corrected chi connectivity index (χ2v) is 6.03. The van der Waals surface area contributed by atoms with Gasteiger partial charge in [-0.3, -0.25) is 9.59 Å². The van der Waals surface area contributed by atoms with E-state index in [0.29, 0.717) is 28.0 Å². The SMILES string of the molecule is COc1ccc(C)cc1NC(=O)COC(=O)Cc1coc2cc(O)ccc12. The van der Waals surface area contributed by atoms with E-state index in [1.165, 1.54) is 25.5 Å². The summed E-state index contributed by atoms with van der Waals surface area (Å²) in [5, 5.41) is 12.8. The molecule has 3 aromatic rings. The lowest BCUT2D eigenvalue weighted by atomic mass is 10.1. The van der Waals surface area contributed by atoms with Gasteiger partial charge in [0, 0.05) is 17.0 Å². The van der Waals surface area contributed by atoms with Gasteiger partial charge in [-0.15, -0.1) is 0 Å². The van der Waals surface area contributed by atoms with Gasteiger partial charge in [-0.2, -0.15) is 0 Å². The molecule has 0 bridgehead atoms. The first-order valence-electron chi connectivity index (χ1n) is 8.25. The maximum absolute atomic E-state index is 12.1. The van der Waals surface area contributed by atoms with Gasteiger partial charge < -0.3 is 24.3 Å². The molecule has 1 amide bonds. The van der Waals surface area contributed by atoms with Crippen molar-refractivity contribution in [2.24, 2.45) is 0 Å². The molecule has 7 heteroatoms. The minimum atomic E-state index is -0.558. The van der Waals surface area contributed by atoms with E-state index in [2.05, 4.69) is 5.32 Å². The van der Waals surface area contributed by atoms with Crippen molar-refractivity contribution >= 4 is 28.5 Å². The summed E-state index contributed by atoms with van der Waals surface area (Å²) in [5.41, 5.74) is 2.57. The second-order valence-electron chi connectivity index (χ2n) is 6.03. The van der Waals surface area contributed by atoms with Gasteiger partial charge in [-0.25, -0.2) is 0 Å². The van der Waals surface area contributed by atoms with Crippen molar-refractivity contribution in [3.05, 3.63) is 53.8 Å². The van der Waals surface area contributed by atoms with Crippen LogP contribution in [0.1, 0.15) is 11.1 Å². The maximum Gasteiger partial charge on any atom is 0.310 e. The lowest BCUT2D eigenvalue weighted by molar-refractivity contribution is -0.146. The number of phenols is 1. The number of fused-ring (bicyclic) bond motifs is 1. The third kappa shape index (κ3) is 4.38. The number of ether oxygens (including phenoxy) is 2. The average Bonchev–Trinajstić information content (AvgIpc) is 3.02. The number of benzene rings is 2. The van der Waals surface area contributed by atoms with Crippen molar-refractivity contribution in [2.75, 3.05) is 19.0 Å². The summed E-state index contributed by atoms with van der Waals surface area (Å²) in [4.78, 5) is 24.1. The van der Waals surface area contributed by atoms with E-state index in [-0.39, 0.29) is 12.2 Å². The molecule has 27 heavy (non-hydrogen) atoms. The number of hydrogen-bond donors (Lipinski definition) is 2. The number of phenolic OH excluding ortho intramolecular Hbond substituents is 1. The summed E-state index contributed by atoms with van der Waals surface area (Å²) < 4.78 is 15.5. The fourth-order valence-electron chi connectivity index (χ4n) is 2.67. The molecule has 1 aromatic heterocycles. The van der Waals surface area contributed by atoms with Gasteiger partial charge in [0.15, 0.2) is 6.61 Å². The number of rotatable bonds is 6. The zero-order valence-electron chi connectivity index (χ0n) is 14.9. The second kappa shape index (κ2) is 7.82. The number of carbonyl (C=O) groups is 2. The fourth-order valence-corrected chi connectivity index (χ4v) is 2.67. The Morgan fingerprint density at radius 1 is 1.19 bits per heavy atom. The molecule has 0 saturated heterocycles. The van der Waals surface area contributed by atoms with E-state index >= 15 is 0 Å². The number of aromatic hydroxyl groups is 1. The highest BCUT2D eigenvalue weighted by atomic mass is 16.5. The smallest absolute Gasteiger partial charge is 0.310 e. The van der Waals surface area contributed by atoms with Crippen LogP contribution in [0.5, 0.6) is 11.5 Å². The van der Waals surface area contributed by atoms with Gasteiger partial charge in [0.05, 0.1) is 25.5 Å². The minimum Gasteiger partial charge on any atom is -0.508 e. The fraction of sp³-hybridized carbons (Fsp3) is 0.200. The van der Waals surface area contributed by atoms with E-state index in [1.54, 1.807) is 18.2 Å². The van der Waals surface area contributed by atoms with Crippen LogP contribution >= 0.6 is 0 Å². The molecule has 0 fully saturated rings. The Bertz CT molecular complexity index is 991. The number of carbonyl (C=O) groups excluding carboxylic acids is 2. The Kier molecular flexibility index (Phi) is 5.30. The van der Waals surface area contributed by atoms with E-state index in [4.69, 9.17) is 13.9 Å². The van der Waals surface area contributed by atoms with Crippen molar-refractivity contribution in [3.63, 3.8) is 0 Å². The van der Waals surface area contributed by atoms with Crippen LogP contribution in [-0.4, -0.2) is 30.7 Å². The first-order chi connectivity index (χ1) is 13.0. The lowest BCUT2D eigenvalue weighted by Gasteiger charge is -2.11. The molecule has 2 N–H and O–H groups in total. The molecule has 0 spiro atoms. The van der Waals surface area contributed by atoms with Crippen LogP contribution in [0.3, 0.4) is 0 Å². The Morgan fingerprint density at radius 3 is 2.78 bits per heavy atom. The number of methoxy groups -OCH3 is 1. The predicted octanol–water partition coefficient (Wildman–Crippen LogP) is 3.18. The third-order valence-corrected chi connectivity index (χ3v) is 3.97. The average molecular weight is 369 g/mol. The molecule has 0 aliphatic carbocycles. The number of furan rings is 1. The van der Waals surface area contributed by atoms with Crippen molar-refractivity contribution in [1.82, 2.24) is 0 Å². The van der Waals surface area contributed by atoms with Crippen LogP contribution in [0, 0.1) is 6.92 Å². The molecular weight excluding hydrogens is 350 g/mol. The Morgan fingerprint density at radius 2 is 2.00 bits per heavy atom. The van der Waals surface area contributed by atoms with Gasteiger partial charge in [-0.05, 0) is 36.8 Å². The first-order valence-corrected chi connectivity index (χ1v) is 8.25. The highest BCUT2D eigenvalue weighted by Gasteiger charge is 2.14. The zero-order valence-corrected chi connectivity index (χ0v) is 14.9. The van der Waals surface area contributed by atoms with Crippen LogP contribution in [0.4, 0.5) is 5.69 Å². The molecule has 0 unspecified atom stereocenters. The van der Waals surface area contributed by atoms with E-state index < -0.39 is 18.5 Å². The van der Waals surface area contributed by atoms with E-state index in [9.17, 15) is 14.7 Å². The first kappa shape index (κ1) is 18.3. The van der Waals surface area contributed by atoms with Crippen LogP contribution < -0.4 is 10.1 Å². The summed E-state index contributed by atoms with van der Waals surface area (Å²) in [6, 6.07) is 10.0. The van der Waals surface area contributed by atoms with Crippen LogP contribution in [-0.2, 0) is 20.7 Å². The Hall–Kier alpha value is -3.48. The largest absolute Gasteiger partial charge is 0.508 e. The number of aryl methyl sites for hydroxylation is 1. The topological polar surface area (TPSA) is 98.0 Å². The predicted molar refractivity (Wildman–Crippen MR) is 98.9 cm³/mol. The third-order valence-electron chi connectivity index (χ3n) is 3.97. The standard InChI is InChI=1S/C20H19NO6/c1-12-3-6-17(25-2)16(7-12)21-19(23)11-27-20(24)8-13-10-26-18-9-14(22)4-5-15(13)18/h3-7,9-10,22H,8,11H2,1-2H3,(H,21,23). The summed E-state index contributed by atoms with van der Waals surface area (Å²) in [6.07, 6.45) is 1.39. The molecule has 0 saturated carbocycles. The quantitative estimate of drug-likeness (QED) is 0.648. The number of esters is 1. The van der Waals surface area contributed by atoms with Crippen molar-refractivity contribution in [2.45, 2.75) is 13.3 Å². The summed E-state index contributed by atoms with van der Waals surface area (Å²) in [7, 11) is 1.51. The van der Waals surface area contributed by atoms with Gasteiger partial charge in [0.25, 0.3) is 5.91 Å². The molecule has 0 aliphatic rings. The minimum absolute atomic E-state index is 0.0428. The molecule has 7 nitrogen and oxygen atoms in total. The highest BCUT2D eigenvalue weighted by molar-refractivity contribution is 5.94. The molecular formula is C20H19NO6. The number of amides is 1. The van der Waals surface area contributed by atoms with Gasteiger partial charge in [-0.1, -0.05) is 6.07 Å².